The molecule has 0 aliphatic carbocycles. The van der Waals surface area contributed by atoms with E-state index in [1.807, 2.05) is 79.7 Å². The number of benzene rings is 2. The first-order valence-corrected chi connectivity index (χ1v) is 9.87. The Morgan fingerprint density at radius 1 is 1.08 bits per heavy atom. The van der Waals surface area contributed by atoms with Crippen molar-refractivity contribution in [2.45, 2.75) is 6.04 Å². The summed E-state index contributed by atoms with van der Waals surface area (Å²) in [6.07, 6.45) is 1.58. The molecule has 136 valence electrons. The first-order valence-electron chi connectivity index (χ1n) is 8.32. The van der Waals surface area contributed by atoms with Crippen LogP contribution in [0.3, 0.4) is 0 Å². The van der Waals surface area contributed by atoms with Crippen molar-refractivity contribution in [3.05, 3.63) is 77.4 Å². The molecule has 3 aromatic rings. The van der Waals surface area contributed by atoms with Crippen LogP contribution in [0.4, 0.5) is 0 Å². The van der Waals surface area contributed by atoms with Gasteiger partial charge in [0, 0.05) is 17.3 Å². The van der Waals surface area contributed by atoms with Crippen molar-refractivity contribution in [1.29, 1.82) is 0 Å². The molecule has 0 bridgehead atoms. The van der Waals surface area contributed by atoms with Crippen LogP contribution in [0, 0.1) is 0 Å². The highest BCUT2D eigenvalue weighted by molar-refractivity contribution is 7.92. The number of para-hydroxylation sites is 1. The van der Waals surface area contributed by atoms with Crippen molar-refractivity contribution in [3.63, 3.8) is 0 Å². The number of furan rings is 1. The van der Waals surface area contributed by atoms with Crippen molar-refractivity contribution in [3.8, 4) is 0 Å². The Morgan fingerprint density at radius 3 is 2.46 bits per heavy atom. The molecule has 0 fully saturated rings. The monoisotopic (exact) mass is 370 g/mol. The Bertz CT molecular complexity index is 959. The number of rotatable bonds is 7. The molecule has 0 radical (unpaired) electrons. The van der Waals surface area contributed by atoms with Crippen LogP contribution >= 0.6 is 0 Å². The molecule has 3 rings (SSSR count). The number of nitrogens with zero attached hydrogens (tertiary/aromatic N) is 1. The fourth-order valence-corrected chi connectivity index (χ4v) is 3.50. The number of fused-ring (bicyclic) bond motifs is 1. The van der Waals surface area contributed by atoms with E-state index in [9.17, 15) is 8.42 Å². The van der Waals surface area contributed by atoms with Gasteiger partial charge in [-0.1, -0.05) is 48.5 Å². The molecule has 0 saturated heterocycles. The van der Waals surface area contributed by atoms with E-state index in [1.54, 1.807) is 6.08 Å². The lowest BCUT2D eigenvalue weighted by molar-refractivity contribution is 0.264. The van der Waals surface area contributed by atoms with Crippen molar-refractivity contribution >= 4 is 27.1 Å². The molecule has 1 unspecified atom stereocenters. The van der Waals surface area contributed by atoms with E-state index in [0.717, 1.165) is 22.3 Å². The predicted octanol–water partition coefficient (Wildman–Crippen LogP) is 3.63. The predicted molar refractivity (Wildman–Crippen MR) is 105 cm³/mol. The molecule has 26 heavy (non-hydrogen) atoms. The van der Waals surface area contributed by atoms with E-state index in [-0.39, 0.29) is 12.6 Å². The van der Waals surface area contributed by atoms with Crippen LogP contribution in [0.25, 0.3) is 17.0 Å². The Kier molecular flexibility index (Phi) is 5.56. The lowest BCUT2D eigenvalue weighted by atomic mass is 10.2. The fourth-order valence-electron chi connectivity index (χ4n) is 2.68. The van der Waals surface area contributed by atoms with Gasteiger partial charge in [-0.05, 0) is 37.9 Å². The molecule has 1 atom stereocenters. The van der Waals surface area contributed by atoms with Crippen LogP contribution < -0.4 is 4.72 Å². The summed E-state index contributed by atoms with van der Waals surface area (Å²) >= 11 is 0. The van der Waals surface area contributed by atoms with Gasteiger partial charge in [0.25, 0.3) is 0 Å². The van der Waals surface area contributed by atoms with E-state index in [1.165, 1.54) is 5.41 Å². The van der Waals surface area contributed by atoms with Gasteiger partial charge in [0.1, 0.15) is 11.3 Å². The van der Waals surface area contributed by atoms with Gasteiger partial charge >= 0.3 is 0 Å². The smallest absolute Gasteiger partial charge is 0.233 e. The second kappa shape index (κ2) is 7.86. The summed E-state index contributed by atoms with van der Waals surface area (Å²) < 4.78 is 33.1. The normalized spacial score (nSPS) is 13.7. The third-order valence-electron chi connectivity index (χ3n) is 4.11. The minimum Gasteiger partial charge on any atom is -0.459 e. The average Bonchev–Trinajstić information content (AvgIpc) is 3.04. The molecule has 5 nitrogen and oxygen atoms in total. The van der Waals surface area contributed by atoms with Crippen LogP contribution in [-0.2, 0) is 10.0 Å². The molecular formula is C20H22N2O3S. The quantitative estimate of drug-likeness (QED) is 0.690. The molecule has 0 amide bonds. The van der Waals surface area contributed by atoms with Crippen LogP contribution in [0.2, 0.25) is 0 Å². The average molecular weight is 370 g/mol. The zero-order valence-corrected chi connectivity index (χ0v) is 15.6. The van der Waals surface area contributed by atoms with Crippen molar-refractivity contribution < 1.29 is 12.8 Å². The first kappa shape index (κ1) is 18.4. The maximum Gasteiger partial charge on any atom is 0.233 e. The van der Waals surface area contributed by atoms with Gasteiger partial charge < -0.3 is 4.42 Å². The molecule has 0 spiro atoms. The summed E-state index contributed by atoms with van der Waals surface area (Å²) in [4.78, 5) is 1.93. The van der Waals surface area contributed by atoms with Gasteiger partial charge in [0.2, 0.25) is 10.0 Å². The standard InChI is InChI=1S/C20H22N2O3S/c1-22(2)18(20-14-17-10-6-7-11-19(17)25-20)15-21-26(23,24)13-12-16-8-4-3-5-9-16/h3-14,18,21H,15H2,1-2H3/b13-12+. The largest absolute Gasteiger partial charge is 0.459 e. The van der Waals surface area contributed by atoms with Gasteiger partial charge in [-0.3, -0.25) is 4.90 Å². The van der Waals surface area contributed by atoms with Crippen LogP contribution in [0.1, 0.15) is 17.4 Å². The lowest BCUT2D eigenvalue weighted by Crippen LogP contribution is -2.33. The SMILES string of the molecule is CN(C)C(CNS(=O)(=O)/C=C/c1ccccc1)c1cc2ccccc2o1. The Labute approximate surface area is 154 Å². The van der Waals surface area contributed by atoms with E-state index in [4.69, 9.17) is 4.42 Å². The van der Waals surface area contributed by atoms with E-state index < -0.39 is 10.0 Å². The molecule has 0 saturated carbocycles. The van der Waals surface area contributed by atoms with Gasteiger partial charge in [-0.2, -0.15) is 0 Å². The molecular weight excluding hydrogens is 348 g/mol. The highest BCUT2D eigenvalue weighted by Gasteiger charge is 2.20. The Morgan fingerprint density at radius 2 is 1.77 bits per heavy atom. The van der Waals surface area contributed by atoms with Crippen molar-refractivity contribution in [2.24, 2.45) is 0 Å². The summed E-state index contributed by atoms with van der Waals surface area (Å²) in [7, 11) is 0.244. The van der Waals surface area contributed by atoms with E-state index in [2.05, 4.69) is 4.72 Å². The number of hydrogen-bond donors (Lipinski definition) is 1. The van der Waals surface area contributed by atoms with Gasteiger partial charge in [-0.25, -0.2) is 13.1 Å². The summed E-state index contributed by atoms with van der Waals surface area (Å²) in [6, 6.07) is 18.8. The number of likely N-dealkylation sites (N-methyl/N-ethyl adjacent to an activating group) is 1. The summed E-state index contributed by atoms with van der Waals surface area (Å²) in [5.74, 6) is 0.728. The molecule has 0 aliphatic rings. The minimum atomic E-state index is -3.55. The molecule has 1 heterocycles. The molecule has 6 heteroatoms. The second-order valence-electron chi connectivity index (χ2n) is 6.27. The molecule has 1 aromatic heterocycles. The van der Waals surface area contributed by atoms with Gasteiger partial charge in [0.05, 0.1) is 6.04 Å². The maximum absolute atomic E-state index is 12.3. The Balaban J connectivity index is 1.73. The number of hydrogen-bond acceptors (Lipinski definition) is 4. The molecule has 2 aromatic carbocycles. The Hall–Kier alpha value is -2.41. The summed E-state index contributed by atoms with van der Waals surface area (Å²) in [5, 5.41) is 2.19. The first-order chi connectivity index (χ1) is 12.4. The third kappa shape index (κ3) is 4.60. The summed E-state index contributed by atoms with van der Waals surface area (Å²) in [5.41, 5.74) is 1.63. The topological polar surface area (TPSA) is 62.6 Å². The highest BCUT2D eigenvalue weighted by atomic mass is 32.2. The minimum absolute atomic E-state index is 0.206. The summed E-state index contributed by atoms with van der Waals surface area (Å²) in [6.45, 7) is 0.217. The van der Waals surface area contributed by atoms with Gasteiger partial charge in [0.15, 0.2) is 0 Å². The maximum atomic E-state index is 12.3. The van der Waals surface area contributed by atoms with E-state index in [0.29, 0.717) is 0 Å². The van der Waals surface area contributed by atoms with Crippen LogP contribution in [-0.4, -0.2) is 34.0 Å². The van der Waals surface area contributed by atoms with E-state index >= 15 is 0 Å². The number of sulfonamides is 1. The highest BCUT2D eigenvalue weighted by Crippen LogP contribution is 2.26. The lowest BCUT2D eigenvalue weighted by Gasteiger charge is -2.22. The van der Waals surface area contributed by atoms with Crippen LogP contribution in [0.15, 0.2) is 70.5 Å². The van der Waals surface area contributed by atoms with Crippen molar-refractivity contribution in [1.82, 2.24) is 9.62 Å². The van der Waals surface area contributed by atoms with Gasteiger partial charge in [-0.15, -0.1) is 0 Å². The third-order valence-corrected chi connectivity index (χ3v) is 5.18. The molecule has 0 aliphatic heterocycles. The fraction of sp³-hybridized carbons (Fsp3) is 0.200. The second-order valence-corrected chi connectivity index (χ2v) is 7.92. The zero-order chi connectivity index (χ0) is 18.6. The number of nitrogens with one attached hydrogen (secondary N) is 1. The van der Waals surface area contributed by atoms with Crippen LogP contribution in [0.5, 0.6) is 0 Å². The zero-order valence-electron chi connectivity index (χ0n) is 14.8. The van der Waals surface area contributed by atoms with Crippen molar-refractivity contribution in [2.75, 3.05) is 20.6 Å². The molecule has 1 N–H and O–H groups in total.